The molecule has 15 heavy (non-hydrogen) atoms. The van der Waals surface area contributed by atoms with E-state index in [1.165, 1.54) is 6.07 Å². The smallest absolute Gasteiger partial charge is 0.243 e. The first-order valence-corrected chi connectivity index (χ1v) is 6.09. The van der Waals surface area contributed by atoms with Gasteiger partial charge in [-0.25, -0.2) is 13.1 Å². The van der Waals surface area contributed by atoms with E-state index in [4.69, 9.17) is 5.73 Å². The summed E-state index contributed by atoms with van der Waals surface area (Å²) in [7, 11) is -3.52. The predicted octanol–water partition coefficient (Wildman–Crippen LogP) is 1.35. The normalized spacial score (nSPS) is 12.7. The molecule has 0 aliphatic heterocycles. The molecule has 1 aromatic carbocycles. The van der Waals surface area contributed by atoms with Crippen LogP contribution < -0.4 is 10.5 Å². The van der Waals surface area contributed by atoms with Crippen molar-refractivity contribution < 1.29 is 8.42 Å². The van der Waals surface area contributed by atoms with Crippen molar-refractivity contribution in [3.05, 3.63) is 24.3 Å². The Morgan fingerprint density at radius 1 is 1.20 bits per heavy atom. The van der Waals surface area contributed by atoms with Gasteiger partial charge in [-0.05, 0) is 32.9 Å². The number of rotatable bonds is 2. The molecule has 0 spiro atoms. The van der Waals surface area contributed by atoms with Gasteiger partial charge in [-0.2, -0.15) is 0 Å². The first-order valence-electron chi connectivity index (χ1n) is 4.61. The van der Waals surface area contributed by atoms with Crippen LogP contribution in [0.3, 0.4) is 0 Å². The van der Waals surface area contributed by atoms with Crippen molar-refractivity contribution in [1.29, 1.82) is 0 Å². The molecule has 3 N–H and O–H groups in total. The number of benzene rings is 1. The quantitative estimate of drug-likeness (QED) is 0.750. The van der Waals surface area contributed by atoms with E-state index in [0.29, 0.717) is 0 Å². The van der Waals surface area contributed by atoms with E-state index >= 15 is 0 Å². The van der Waals surface area contributed by atoms with Gasteiger partial charge in [0.2, 0.25) is 10.0 Å². The van der Waals surface area contributed by atoms with Crippen molar-refractivity contribution in [2.24, 2.45) is 0 Å². The van der Waals surface area contributed by atoms with E-state index in [-0.39, 0.29) is 10.6 Å². The van der Waals surface area contributed by atoms with Crippen LogP contribution in [0.15, 0.2) is 29.2 Å². The van der Waals surface area contributed by atoms with Gasteiger partial charge in [-0.1, -0.05) is 12.1 Å². The maximum atomic E-state index is 11.9. The Morgan fingerprint density at radius 2 is 1.73 bits per heavy atom. The monoisotopic (exact) mass is 228 g/mol. The van der Waals surface area contributed by atoms with Gasteiger partial charge >= 0.3 is 0 Å². The Labute approximate surface area is 90.5 Å². The van der Waals surface area contributed by atoms with Gasteiger partial charge in [0.1, 0.15) is 4.90 Å². The van der Waals surface area contributed by atoms with Crippen LogP contribution in [0, 0.1) is 0 Å². The van der Waals surface area contributed by atoms with Gasteiger partial charge in [0.25, 0.3) is 0 Å². The maximum Gasteiger partial charge on any atom is 0.243 e. The van der Waals surface area contributed by atoms with Crippen LogP contribution in [0.1, 0.15) is 20.8 Å². The number of nitrogens with one attached hydrogen (secondary N) is 1. The summed E-state index contributed by atoms with van der Waals surface area (Å²) in [6.07, 6.45) is 0. The van der Waals surface area contributed by atoms with Gasteiger partial charge in [0.05, 0.1) is 5.69 Å². The molecule has 1 aromatic rings. The third-order valence-corrected chi connectivity index (χ3v) is 3.48. The topological polar surface area (TPSA) is 72.2 Å². The molecule has 0 aromatic heterocycles. The van der Waals surface area contributed by atoms with Gasteiger partial charge in [0, 0.05) is 5.54 Å². The lowest BCUT2D eigenvalue weighted by molar-refractivity contribution is 0.492. The molecule has 0 aliphatic carbocycles. The van der Waals surface area contributed by atoms with Crippen LogP contribution in [0.2, 0.25) is 0 Å². The Balaban J connectivity index is 3.13. The molecule has 0 saturated heterocycles. The molecule has 5 heteroatoms. The molecule has 0 fully saturated rings. The number of nitrogen functional groups attached to an aromatic ring is 1. The standard InChI is InChI=1S/C10H16N2O2S/c1-10(2,3)12-15(13,14)9-7-5-4-6-8(9)11/h4-7,12H,11H2,1-3H3. The van der Waals surface area contributed by atoms with Crippen molar-refractivity contribution in [3.63, 3.8) is 0 Å². The molecule has 0 amide bonds. The Bertz CT molecular complexity index is 447. The van der Waals surface area contributed by atoms with Crippen LogP contribution in [-0.2, 0) is 10.0 Å². The lowest BCUT2D eigenvalue weighted by Gasteiger charge is -2.20. The fraction of sp³-hybridized carbons (Fsp3) is 0.400. The summed E-state index contributed by atoms with van der Waals surface area (Å²) in [5.41, 5.74) is 5.35. The highest BCUT2D eigenvalue weighted by molar-refractivity contribution is 7.89. The highest BCUT2D eigenvalue weighted by Crippen LogP contribution is 2.18. The number of hydrogen-bond donors (Lipinski definition) is 2. The zero-order valence-corrected chi connectivity index (χ0v) is 9.93. The fourth-order valence-corrected chi connectivity index (χ4v) is 2.74. The van der Waals surface area contributed by atoms with E-state index in [1.54, 1.807) is 39.0 Å². The summed E-state index contributed by atoms with van der Waals surface area (Å²) in [4.78, 5) is 0.125. The third-order valence-electron chi connectivity index (χ3n) is 1.65. The van der Waals surface area contributed by atoms with Crippen molar-refractivity contribution in [1.82, 2.24) is 4.72 Å². The predicted molar refractivity (Wildman–Crippen MR) is 60.9 cm³/mol. The van der Waals surface area contributed by atoms with E-state index in [2.05, 4.69) is 4.72 Å². The molecule has 84 valence electrons. The minimum absolute atomic E-state index is 0.125. The Hall–Kier alpha value is -1.07. The van der Waals surface area contributed by atoms with E-state index in [0.717, 1.165) is 0 Å². The molecule has 0 aliphatic rings. The van der Waals surface area contributed by atoms with Crippen LogP contribution in [0.4, 0.5) is 5.69 Å². The average molecular weight is 228 g/mol. The Kier molecular flexibility index (Phi) is 3.06. The van der Waals surface area contributed by atoms with Gasteiger partial charge in [-0.15, -0.1) is 0 Å². The Morgan fingerprint density at radius 3 is 2.20 bits per heavy atom. The lowest BCUT2D eigenvalue weighted by Crippen LogP contribution is -2.40. The number of sulfonamides is 1. The fourth-order valence-electron chi connectivity index (χ4n) is 1.18. The van der Waals surface area contributed by atoms with Crippen molar-refractivity contribution >= 4 is 15.7 Å². The first kappa shape index (κ1) is 12.0. The third kappa shape index (κ3) is 3.21. The van der Waals surface area contributed by atoms with E-state index in [1.807, 2.05) is 0 Å². The molecule has 0 radical (unpaired) electrons. The summed E-state index contributed by atoms with van der Waals surface area (Å²) in [5, 5.41) is 0. The molecule has 0 heterocycles. The molecular formula is C10H16N2O2S. The number of hydrogen-bond acceptors (Lipinski definition) is 3. The van der Waals surface area contributed by atoms with Gasteiger partial charge in [-0.3, -0.25) is 0 Å². The highest BCUT2D eigenvalue weighted by atomic mass is 32.2. The largest absolute Gasteiger partial charge is 0.398 e. The minimum Gasteiger partial charge on any atom is -0.398 e. The zero-order valence-electron chi connectivity index (χ0n) is 9.11. The molecule has 0 bridgehead atoms. The van der Waals surface area contributed by atoms with Crippen LogP contribution >= 0.6 is 0 Å². The summed E-state index contributed by atoms with van der Waals surface area (Å²) in [6, 6.07) is 6.40. The van der Waals surface area contributed by atoms with Crippen molar-refractivity contribution in [2.75, 3.05) is 5.73 Å². The van der Waals surface area contributed by atoms with Crippen molar-refractivity contribution in [3.8, 4) is 0 Å². The van der Waals surface area contributed by atoms with E-state index in [9.17, 15) is 8.42 Å². The molecule has 4 nitrogen and oxygen atoms in total. The maximum absolute atomic E-state index is 11.9. The number of nitrogens with two attached hydrogens (primary N) is 1. The van der Waals surface area contributed by atoms with Crippen molar-refractivity contribution in [2.45, 2.75) is 31.2 Å². The second-order valence-corrected chi connectivity index (χ2v) is 6.04. The number of para-hydroxylation sites is 1. The second-order valence-electron chi connectivity index (χ2n) is 4.39. The molecule has 0 unspecified atom stereocenters. The molecule has 0 atom stereocenters. The molecule has 0 saturated carbocycles. The van der Waals surface area contributed by atoms with Gasteiger partial charge < -0.3 is 5.73 Å². The van der Waals surface area contributed by atoms with E-state index < -0.39 is 15.6 Å². The summed E-state index contributed by atoms with van der Waals surface area (Å²) in [5.74, 6) is 0. The highest BCUT2D eigenvalue weighted by Gasteiger charge is 2.23. The SMILES string of the molecule is CC(C)(C)NS(=O)(=O)c1ccccc1N. The summed E-state index contributed by atoms with van der Waals surface area (Å²) < 4.78 is 26.3. The average Bonchev–Trinajstić information content (AvgIpc) is 1.99. The first-order chi connectivity index (χ1) is 6.72. The van der Waals surface area contributed by atoms with Gasteiger partial charge in [0.15, 0.2) is 0 Å². The zero-order chi connectivity index (χ0) is 11.7. The molecule has 1 rings (SSSR count). The lowest BCUT2D eigenvalue weighted by atomic mass is 10.1. The summed E-state index contributed by atoms with van der Waals surface area (Å²) >= 11 is 0. The van der Waals surface area contributed by atoms with Crippen LogP contribution in [-0.4, -0.2) is 14.0 Å². The second kappa shape index (κ2) is 3.83. The van der Waals surface area contributed by atoms with Crippen LogP contribution in [0.25, 0.3) is 0 Å². The summed E-state index contributed by atoms with van der Waals surface area (Å²) in [6.45, 7) is 5.34. The van der Waals surface area contributed by atoms with Crippen LogP contribution in [0.5, 0.6) is 0 Å². The molecular weight excluding hydrogens is 212 g/mol. The number of anilines is 1. The minimum atomic E-state index is -3.52.